The molecule has 2 amide bonds. The number of ether oxygens (including phenoxy) is 1. The molecule has 0 saturated carbocycles. The molecule has 3 aromatic rings. The second-order valence-corrected chi connectivity index (χ2v) is 6.98. The fraction of sp³-hybridized carbons (Fsp3) is 0.368. The molecule has 0 spiro atoms. The first-order valence-electron chi connectivity index (χ1n) is 9.54. The average molecular weight is 413 g/mol. The Balaban J connectivity index is 1.53. The van der Waals surface area contributed by atoms with Crippen molar-refractivity contribution >= 4 is 23.0 Å². The van der Waals surface area contributed by atoms with Crippen molar-refractivity contribution in [2.24, 2.45) is 5.73 Å². The molecule has 2 aromatic heterocycles. The highest BCUT2D eigenvalue weighted by Crippen LogP contribution is 2.32. The second-order valence-electron chi connectivity index (χ2n) is 6.98. The van der Waals surface area contributed by atoms with Crippen molar-refractivity contribution in [3.8, 4) is 0 Å². The lowest BCUT2D eigenvalue weighted by Crippen LogP contribution is -2.50. The zero-order valence-electron chi connectivity index (χ0n) is 16.0. The third kappa shape index (κ3) is 3.90. The Labute approximate surface area is 171 Å². The highest BCUT2D eigenvalue weighted by atomic mass is 16.5. The van der Waals surface area contributed by atoms with Crippen molar-refractivity contribution in [1.29, 1.82) is 0 Å². The summed E-state index contributed by atoms with van der Waals surface area (Å²) in [6, 6.07) is 8.39. The number of aliphatic hydroxyl groups excluding tert-OH is 2. The van der Waals surface area contributed by atoms with Crippen LogP contribution in [0.15, 0.2) is 43.0 Å². The molecule has 0 unspecified atom stereocenters. The number of imidazole rings is 1. The van der Waals surface area contributed by atoms with Gasteiger partial charge < -0.3 is 31.3 Å². The molecule has 11 heteroatoms. The number of fused-ring (bicyclic) bond motifs is 1. The molecular formula is C19H23N7O4. The minimum atomic E-state index is -1.16. The lowest BCUT2D eigenvalue weighted by molar-refractivity contribution is -0.0489. The molecule has 1 fully saturated rings. The van der Waals surface area contributed by atoms with Crippen molar-refractivity contribution in [2.75, 3.05) is 18.5 Å². The SMILES string of the molecule is NC(=O)N[C@H]1[C@@H](O)[C@H](n2cnc3c(NCCc4ccccc4)ncnc32)O[C@@H]1CO. The maximum Gasteiger partial charge on any atom is 0.312 e. The first-order valence-corrected chi connectivity index (χ1v) is 9.54. The van der Waals surface area contributed by atoms with Crippen LogP contribution in [0.4, 0.5) is 10.6 Å². The number of aromatic nitrogens is 4. The zero-order valence-corrected chi connectivity index (χ0v) is 16.0. The first-order chi connectivity index (χ1) is 14.6. The number of nitrogens with one attached hydrogen (secondary N) is 2. The molecule has 4 atom stereocenters. The smallest absolute Gasteiger partial charge is 0.312 e. The van der Waals surface area contributed by atoms with E-state index in [1.54, 1.807) is 4.57 Å². The number of amides is 2. The number of aliphatic hydroxyl groups is 2. The Hall–Kier alpha value is -3.28. The maximum atomic E-state index is 11.2. The minimum absolute atomic E-state index is 0.396. The molecule has 3 heterocycles. The standard InChI is InChI=1S/C19H23N7O4/c20-19(29)25-13-12(8-27)30-18(15(13)28)26-10-24-14-16(22-9-23-17(14)26)21-7-6-11-4-2-1-3-5-11/h1-5,9-10,12-13,15,18,27-28H,6-8H2,(H3,20,25,29)(H,21,22,23)/t12-,13-,15-,18-/m1/s1. The highest BCUT2D eigenvalue weighted by molar-refractivity contribution is 5.82. The van der Waals surface area contributed by atoms with Gasteiger partial charge in [0.15, 0.2) is 23.2 Å². The fourth-order valence-corrected chi connectivity index (χ4v) is 3.61. The Kier molecular flexibility index (Phi) is 5.74. The molecule has 158 valence electrons. The van der Waals surface area contributed by atoms with Crippen molar-refractivity contribution in [3.05, 3.63) is 48.5 Å². The molecule has 1 aliphatic rings. The molecule has 0 bridgehead atoms. The van der Waals surface area contributed by atoms with Crippen molar-refractivity contribution < 1.29 is 19.7 Å². The van der Waals surface area contributed by atoms with E-state index in [0.717, 1.165) is 6.42 Å². The Morgan fingerprint density at radius 2 is 2.03 bits per heavy atom. The van der Waals surface area contributed by atoms with Crippen LogP contribution in [0.3, 0.4) is 0 Å². The van der Waals surface area contributed by atoms with Gasteiger partial charge in [0.05, 0.1) is 19.0 Å². The number of nitrogens with two attached hydrogens (primary N) is 1. The molecular weight excluding hydrogens is 390 g/mol. The van der Waals surface area contributed by atoms with Gasteiger partial charge in [-0.15, -0.1) is 0 Å². The van der Waals surface area contributed by atoms with Gasteiger partial charge in [0.1, 0.15) is 18.5 Å². The first kappa shape index (κ1) is 20.0. The van der Waals surface area contributed by atoms with Crippen LogP contribution in [-0.2, 0) is 11.2 Å². The van der Waals surface area contributed by atoms with Crippen LogP contribution in [0, 0.1) is 0 Å². The van der Waals surface area contributed by atoms with E-state index in [1.165, 1.54) is 18.2 Å². The number of rotatable bonds is 7. The molecule has 1 aliphatic heterocycles. The summed E-state index contributed by atoms with van der Waals surface area (Å²) in [6.07, 6.45) is 0.815. The molecule has 0 aliphatic carbocycles. The van der Waals surface area contributed by atoms with Gasteiger partial charge in [0, 0.05) is 6.54 Å². The third-order valence-corrected chi connectivity index (χ3v) is 5.05. The summed E-state index contributed by atoms with van der Waals surface area (Å²) in [5, 5.41) is 25.9. The normalized spacial score (nSPS) is 23.5. The third-order valence-electron chi connectivity index (χ3n) is 5.05. The van der Waals surface area contributed by atoms with E-state index < -0.39 is 37.1 Å². The van der Waals surface area contributed by atoms with E-state index in [4.69, 9.17) is 10.5 Å². The van der Waals surface area contributed by atoms with E-state index in [9.17, 15) is 15.0 Å². The second kappa shape index (κ2) is 8.61. The van der Waals surface area contributed by atoms with E-state index in [1.807, 2.05) is 18.2 Å². The number of nitrogens with zero attached hydrogens (tertiary/aromatic N) is 4. The summed E-state index contributed by atoms with van der Waals surface area (Å²) >= 11 is 0. The molecule has 6 N–H and O–H groups in total. The van der Waals surface area contributed by atoms with Crippen LogP contribution in [0.5, 0.6) is 0 Å². The van der Waals surface area contributed by atoms with Gasteiger partial charge in [0.25, 0.3) is 0 Å². The van der Waals surface area contributed by atoms with Crippen LogP contribution in [0.1, 0.15) is 11.8 Å². The van der Waals surface area contributed by atoms with Crippen molar-refractivity contribution in [2.45, 2.75) is 30.9 Å². The maximum absolute atomic E-state index is 11.2. The summed E-state index contributed by atoms with van der Waals surface area (Å²) in [6.45, 7) is 0.259. The summed E-state index contributed by atoms with van der Waals surface area (Å²) < 4.78 is 7.29. The highest BCUT2D eigenvalue weighted by Gasteiger charge is 2.45. The number of primary amides is 1. The number of hydrogen-bond donors (Lipinski definition) is 5. The molecule has 1 saturated heterocycles. The zero-order chi connectivity index (χ0) is 21.1. The lowest BCUT2D eigenvalue weighted by Gasteiger charge is -2.19. The van der Waals surface area contributed by atoms with Gasteiger partial charge in [-0.1, -0.05) is 30.3 Å². The van der Waals surface area contributed by atoms with Crippen LogP contribution in [-0.4, -0.2) is 67.2 Å². The number of carbonyl (C=O) groups is 1. The van der Waals surface area contributed by atoms with Gasteiger partial charge in [-0.2, -0.15) is 0 Å². The number of anilines is 1. The fourth-order valence-electron chi connectivity index (χ4n) is 3.61. The number of carbonyl (C=O) groups excluding carboxylic acids is 1. The predicted molar refractivity (Wildman–Crippen MR) is 107 cm³/mol. The van der Waals surface area contributed by atoms with Crippen molar-refractivity contribution in [3.63, 3.8) is 0 Å². The molecule has 4 rings (SSSR count). The molecule has 30 heavy (non-hydrogen) atoms. The van der Waals surface area contributed by atoms with E-state index in [-0.39, 0.29) is 0 Å². The lowest BCUT2D eigenvalue weighted by atomic mass is 10.1. The number of benzene rings is 1. The summed E-state index contributed by atoms with van der Waals surface area (Å²) in [5.41, 5.74) is 7.34. The van der Waals surface area contributed by atoms with E-state index in [2.05, 4.69) is 37.7 Å². The summed E-state index contributed by atoms with van der Waals surface area (Å²) in [7, 11) is 0. The largest absolute Gasteiger partial charge is 0.394 e. The predicted octanol–water partition coefficient (Wildman–Crippen LogP) is -0.232. The van der Waals surface area contributed by atoms with Gasteiger partial charge in [-0.05, 0) is 12.0 Å². The topological polar surface area (TPSA) is 160 Å². The Bertz CT molecular complexity index is 1010. The molecule has 0 radical (unpaired) electrons. The van der Waals surface area contributed by atoms with E-state index in [0.29, 0.717) is 23.5 Å². The average Bonchev–Trinajstić information content (AvgIpc) is 3.30. The monoisotopic (exact) mass is 413 g/mol. The van der Waals surface area contributed by atoms with Gasteiger partial charge >= 0.3 is 6.03 Å². The Morgan fingerprint density at radius 1 is 1.23 bits per heavy atom. The molecule has 11 nitrogen and oxygen atoms in total. The van der Waals surface area contributed by atoms with E-state index >= 15 is 0 Å². The van der Waals surface area contributed by atoms with Crippen molar-refractivity contribution in [1.82, 2.24) is 24.8 Å². The summed E-state index contributed by atoms with van der Waals surface area (Å²) in [5.74, 6) is 0.563. The van der Waals surface area contributed by atoms with Crippen LogP contribution in [0.2, 0.25) is 0 Å². The van der Waals surface area contributed by atoms with Gasteiger partial charge in [-0.3, -0.25) is 4.57 Å². The Morgan fingerprint density at radius 3 is 2.77 bits per heavy atom. The van der Waals surface area contributed by atoms with Gasteiger partial charge in [-0.25, -0.2) is 19.7 Å². The number of urea groups is 1. The quantitative estimate of drug-likeness (QED) is 0.355. The van der Waals surface area contributed by atoms with Crippen LogP contribution >= 0.6 is 0 Å². The summed E-state index contributed by atoms with van der Waals surface area (Å²) in [4.78, 5) is 24.1. The number of hydrogen-bond acceptors (Lipinski definition) is 8. The minimum Gasteiger partial charge on any atom is -0.394 e. The van der Waals surface area contributed by atoms with Gasteiger partial charge in [0.2, 0.25) is 0 Å². The van der Waals surface area contributed by atoms with Crippen LogP contribution in [0.25, 0.3) is 11.2 Å². The molecule has 1 aromatic carbocycles. The van der Waals surface area contributed by atoms with Crippen LogP contribution < -0.4 is 16.4 Å².